The van der Waals surface area contributed by atoms with Gasteiger partial charge in [-0.05, 0) is 36.0 Å². The Morgan fingerprint density at radius 1 is 1.30 bits per heavy atom. The van der Waals surface area contributed by atoms with Crippen LogP contribution in [0.1, 0.15) is 54.6 Å². The van der Waals surface area contributed by atoms with Gasteiger partial charge in [0.15, 0.2) is 0 Å². The van der Waals surface area contributed by atoms with Gasteiger partial charge in [-0.25, -0.2) is 0 Å². The quantitative estimate of drug-likeness (QED) is 0.617. The SMILES string of the molecule is CC(C)CC(CN)NCc1ccc2c(c1)C(=O)N(C1CCC(=O)NC1=O)C2. The van der Waals surface area contributed by atoms with Crippen molar-refractivity contribution in [2.75, 3.05) is 6.54 Å². The van der Waals surface area contributed by atoms with Crippen LogP contribution in [0.3, 0.4) is 0 Å². The predicted molar refractivity (Wildman–Crippen MR) is 102 cm³/mol. The fourth-order valence-corrected chi connectivity index (χ4v) is 3.81. The van der Waals surface area contributed by atoms with Crippen molar-refractivity contribution in [3.05, 3.63) is 34.9 Å². The molecule has 2 aliphatic heterocycles. The Morgan fingerprint density at radius 2 is 2.07 bits per heavy atom. The molecule has 3 rings (SSSR count). The molecule has 2 heterocycles. The first-order chi connectivity index (χ1) is 12.9. The molecule has 2 atom stereocenters. The summed E-state index contributed by atoms with van der Waals surface area (Å²) in [5, 5.41) is 5.78. The van der Waals surface area contributed by atoms with Gasteiger partial charge in [0.1, 0.15) is 6.04 Å². The van der Waals surface area contributed by atoms with Crippen LogP contribution < -0.4 is 16.4 Å². The molecule has 0 bridgehead atoms. The maximum Gasteiger partial charge on any atom is 0.255 e. The van der Waals surface area contributed by atoms with E-state index in [0.29, 0.717) is 37.5 Å². The zero-order valence-electron chi connectivity index (χ0n) is 16.0. The lowest BCUT2D eigenvalue weighted by molar-refractivity contribution is -0.136. The molecule has 27 heavy (non-hydrogen) atoms. The lowest BCUT2D eigenvalue weighted by Gasteiger charge is -2.29. The van der Waals surface area contributed by atoms with Gasteiger partial charge in [-0.15, -0.1) is 0 Å². The summed E-state index contributed by atoms with van der Waals surface area (Å²) in [5.41, 5.74) is 8.43. The summed E-state index contributed by atoms with van der Waals surface area (Å²) < 4.78 is 0. The van der Waals surface area contributed by atoms with Crippen molar-refractivity contribution >= 4 is 17.7 Å². The van der Waals surface area contributed by atoms with Crippen molar-refractivity contribution in [3.63, 3.8) is 0 Å². The second-order valence-electron chi connectivity index (χ2n) is 7.83. The molecule has 2 aliphatic rings. The topological polar surface area (TPSA) is 105 Å². The van der Waals surface area contributed by atoms with E-state index >= 15 is 0 Å². The van der Waals surface area contributed by atoms with Crippen molar-refractivity contribution in [1.82, 2.24) is 15.5 Å². The van der Waals surface area contributed by atoms with Crippen LogP contribution in [-0.4, -0.2) is 41.2 Å². The fraction of sp³-hybridized carbons (Fsp3) is 0.550. The number of imide groups is 1. The number of fused-ring (bicyclic) bond motifs is 1. The zero-order valence-corrected chi connectivity index (χ0v) is 16.0. The maximum absolute atomic E-state index is 12.8. The standard InChI is InChI=1S/C20H28N4O3/c1-12(2)7-15(9-21)22-10-13-3-4-14-11-24(20(27)16(14)8-13)17-5-6-18(25)23-19(17)26/h3-4,8,12,15,17,22H,5-7,9-11,21H2,1-2H3,(H,23,25,26). The molecule has 0 aliphatic carbocycles. The smallest absolute Gasteiger partial charge is 0.255 e. The van der Waals surface area contributed by atoms with Gasteiger partial charge in [-0.2, -0.15) is 0 Å². The Labute approximate surface area is 159 Å². The van der Waals surface area contributed by atoms with E-state index in [1.54, 1.807) is 4.90 Å². The van der Waals surface area contributed by atoms with Crippen molar-refractivity contribution in [2.24, 2.45) is 11.7 Å². The summed E-state index contributed by atoms with van der Waals surface area (Å²) in [7, 11) is 0. The van der Waals surface area contributed by atoms with Crippen molar-refractivity contribution in [3.8, 4) is 0 Å². The number of rotatable bonds is 7. The van der Waals surface area contributed by atoms with Crippen LogP contribution in [0.2, 0.25) is 0 Å². The molecule has 1 aromatic rings. The minimum Gasteiger partial charge on any atom is -0.329 e. The van der Waals surface area contributed by atoms with Gasteiger partial charge in [0.2, 0.25) is 11.8 Å². The summed E-state index contributed by atoms with van der Waals surface area (Å²) >= 11 is 0. The molecule has 1 saturated heterocycles. The van der Waals surface area contributed by atoms with Crippen LogP contribution in [-0.2, 0) is 22.7 Å². The van der Waals surface area contributed by atoms with E-state index in [1.165, 1.54) is 0 Å². The van der Waals surface area contributed by atoms with Crippen LogP contribution in [0, 0.1) is 5.92 Å². The monoisotopic (exact) mass is 372 g/mol. The van der Waals surface area contributed by atoms with Gasteiger partial charge in [0.05, 0.1) is 0 Å². The predicted octanol–water partition coefficient (Wildman–Crippen LogP) is 0.911. The Bertz CT molecular complexity index is 747. The molecule has 7 heteroatoms. The summed E-state index contributed by atoms with van der Waals surface area (Å²) in [5.74, 6) is -0.230. The Kier molecular flexibility index (Phi) is 5.92. The Balaban J connectivity index is 1.67. The lowest BCUT2D eigenvalue weighted by Crippen LogP contribution is -2.52. The molecule has 1 aromatic carbocycles. The summed E-state index contributed by atoms with van der Waals surface area (Å²) in [4.78, 5) is 37.9. The zero-order chi connectivity index (χ0) is 19.6. The number of nitrogens with zero attached hydrogens (tertiary/aromatic N) is 1. The molecule has 0 aromatic heterocycles. The highest BCUT2D eigenvalue weighted by molar-refractivity contribution is 6.05. The molecule has 146 valence electrons. The third kappa shape index (κ3) is 4.36. The second-order valence-corrected chi connectivity index (χ2v) is 7.83. The van der Waals surface area contributed by atoms with E-state index in [2.05, 4.69) is 24.5 Å². The largest absolute Gasteiger partial charge is 0.329 e. The Morgan fingerprint density at radius 3 is 2.74 bits per heavy atom. The van der Waals surface area contributed by atoms with Gasteiger partial charge < -0.3 is 16.0 Å². The van der Waals surface area contributed by atoms with Gasteiger partial charge >= 0.3 is 0 Å². The second kappa shape index (κ2) is 8.19. The van der Waals surface area contributed by atoms with Crippen molar-refractivity contribution in [1.29, 1.82) is 0 Å². The van der Waals surface area contributed by atoms with E-state index in [4.69, 9.17) is 5.73 Å². The number of amides is 3. The number of benzene rings is 1. The summed E-state index contributed by atoms with van der Waals surface area (Å²) in [6, 6.07) is 5.54. The molecule has 7 nitrogen and oxygen atoms in total. The number of nitrogens with one attached hydrogen (secondary N) is 2. The third-order valence-corrected chi connectivity index (χ3v) is 5.23. The minimum absolute atomic E-state index is 0.140. The van der Waals surface area contributed by atoms with Crippen molar-refractivity contribution < 1.29 is 14.4 Å². The highest BCUT2D eigenvalue weighted by Crippen LogP contribution is 2.28. The molecule has 0 spiro atoms. The number of carbonyl (C=O) groups excluding carboxylic acids is 3. The molecule has 3 amide bonds. The lowest BCUT2D eigenvalue weighted by atomic mass is 10.0. The van der Waals surface area contributed by atoms with Crippen molar-refractivity contribution in [2.45, 2.75) is 58.3 Å². The summed E-state index contributed by atoms with van der Waals surface area (Å²) in [6.45, 7) is 5.97. The first kappa shape index (κ1) is 19.5. The van der Waals surface area contributed by atoms with Crippen LogP contribution >= 0.6 is 0 Å². The minimum atomic E-state index is -0.572. The average molecular weight is 372 g/mol. The van der Waals surface area contributed by atoms with Crippen LogP contribution in [0.4, 0.5) is 0 Å². The van der Waals surface area contributed by atoms with Gasteiger partial charge in [-0.3, -0.25) is 19.7 Å². The maximum atomic E-state index is 12.8. The summed E-state index contributed by atoms with van der Waals surface area (Å²) in [6.07, 6.45) is 1.65. The van der Waals surface area contributed by atoms with Crippen LogP contribution in [0.15, 0.2) is 18.2 Å². The Hall–Kier alpha value is -2.25. The normalized spacial score (nSPS) is 20.8. The van der Waals surface area contributed by atoms with Crippen LogP contribution in [0.5, 0.6) is 0 Å². The number of hydrogen-bond donors (Lipinski definition) is 3. The van der Waals surface area contributed by atoms with Gasteiger partial charge in [0, 0.05) is 37.7 Å². The third-order valence-electron chi connectivity index (χ3n) is 5.23. The molecule has 1 fully saturated rings. The fourth-order valence-electron chi connectivity index (χ4n) is 3.81. The van der Waals surface area contributed by atoms with E-state index in [-0.39, 0.29) is 30.2 Å². The molecule has 0 radical (unpaired) electrons. The molecule has 0 saturated carbocycles. The van der Waals surface area contributed by atoms with Gasteiger partial charge in [0.25, 0.3) is 5.91 Å². The van der Waals surface area contributed by atoms with E-state index in [1.807, 2.05) is 18.2 Å². The van der Waals surface area contributed by atoms with Gasteiger partial charge in [-0.1, -0.05) is 26.0 Å². The first-order valence-corrected chi connectivity index (χ1v) is 9.59. The molecule has 2 unspecified atom stereocenters. The number of piperidine rings is 1. The number of hydrogen-bond acceptors (Lipinski definition) is 5. The highest BCUT2D eigenvalue weighted by Gasteiger charge is 2.39. The van der Waals surface area contributed by atoms with E-state index in [0.717, 1.165) is 17.5 Å². The molecule has 4 N–H and O–H groups in total. The van der Waals surface area contributed by atoms with Crippen LogP contribution in [0.25, 0.3) is 0 Å². The molecular weight excluding hydrogens is 344 g/mol. The number of carbonyl (C=O) groups is 3. The average Bonchev–Trinajstić information content (AvgIpc) is 2.94. The van der Waals surface area contributed by atoms with E-state index < -0.39 is 6.04 Å². The first-order valence-electron chi connectivity index (χ1n) is 9.59. The number of nitrogens with two attached hydrogens (primary N) is 1. The highest BCUT2D eigenvalue weighted by atomic mass is 16.2. The molecular formula is C20H28N4O3. The van der Waals surface area contributed by atoms with E-state index in [9.17, 15) is 14.4 Å².